The molecule has 186 valence electrons. The van der Waals surface area contributed by atoms with Gasteiger partial charge in [-0.15, -0.1) is 0 Å². The van der Waals surface area contributed by atoms with Gasteiger partial charge < -0.3 is 25.2 Å². The van der Waals surface area contributed by atoms with E-state index in [4.69, 9.17) is 19.7 Å². The molecule has 1 aromatic heterocycles. The Morgan fingerprint density at radius 2 is 1.71 bits per heavy atom. The van der Waals surface area contributed by atoms with Crippen molar-refractivity contribution in [1.29, 1.82) is 0 Å². The van der Waals surface area contributed by atoms with E-state index >= 15 is 0 Å². The van der Waals surface area contributed by atoms with E-state index in [0.717, 1.165) is 43.2 Å². The second-order valence-electron chi connectivity index (χ2n) is 9.92. The molecule has 2 aliphatic rings. The fraction of sp³-hybridized carbons (Fsp3) is 0.654. The van der Waals surface area contributed by atoms with E-state index in [0.29, 0.717) is 30.5 Å². The zero-order valence-corrected chi connectivity index (χ0v) is 21.3. The van der Waals surface area contributed by atoms with Gasteiger partial charge in [0, 0.05) is 25.7 Å². The quantitative estimate of drug-likeness (QED) is 0.551. The lowest BCUT2D eigenvalue weighted by atomic mass is 10.0. The lowest BCUT2D eigenvalue weighted by molar-refractivity contribution is 0.252. The molecule has 2 fully saturated rings. The summed E-state index contributed by atoms with van der Waals surface area (Å²) < 4.78 is 5.40. The lowest BCUT2D eigenvalue weighted by Crippen LogP contribution is -2.42. The summed E-state index contributed by atoms with van der Waals surface area (Å²) in [6.07, 6.45) is 9.80. The highest BCUT2D eigenvalue weighted by atomic mass is 16.5. The largest absolute Gasteiger partial charge is 0.496 e. The Kier molecular flexibility index (Phi) is 8.43. The number of ether oxygens (including phenoxy) is 1. The maximum atomic E-state index is 5.40. The summed E-state index contributed by atoms with van der Waals surface area (Å²) in [6, 6.07) is 7.11. The molecule has 1 saturated heterocycles. The van der Waals surface area contributed by atoms with Crippen molar-refractivity contribution in [2.24, 2.45) is 0 Å². The molecular formula is C26H41N7O. The van der Waals surface area contributed by atoms with Gasteiger partial charge in [0.2, 0.25) is 17.8 Å². The van der Waals surface area contributed by atoms with Gasteiger partial charge in [0.25, 0.3) is 0 Å². The van der Waals surface area contributed by atoms with Crippen molar-refractivity contribution >= 4 is 17.8 Å². The molecule has 2 N–H and O–H groups in total. The molecule has 1 aromatic carbocycles. The van der Waals surface area contributed by atoms with Crippen molar-refractivity contribution in [3.63, 3.8) is 0 Å². The maximum Gasteiger partial charge on any atom is 0.231 e. The molecule has 2 aromatic rings. The van der Waals surface area contributed by atoms with Crippen LogP contribution >= 0.6 is 0 Å². The molecule has 0 spiro atoms. The number of aryl methyl sites for hydroxylation is 1. The monoisotopic (exact) mass is 467 g/mol. The third-order valence-electron chi connectivity index (χ3n) is 7.27. The number of benzene rings is 1. The number of hydrogen-bond acceptors (Lipinski definition) is 8. The van der Waals surface area contributed by atoms with Crippen molar-refractivity contribution in [1.82, 2.24) is 19.9 Å². The lowest BCUT2D eigenvalue weighted by Gasteiger charge is -2.35. The molecule has 1 aliphatic carbocycles. The Hall–Kier alpha value is -2.61. The molecule has 1 aliphatic heterocycles. The molecule has 0 radical (unpaired) electrons. The van der Waals surface area contributed by atoms with E-state index < -0.39 is 0 Å². The summed E-state index contributed by atoms with van der Waals surface area (Å²) in [4.78, 5) is 19.1. The number of rotatable bonds is 8. The van der Waals surface area contributed by atoms with E-state index in [1.807, 2.05) is 6.07 Å². The van der Waals surface area contributed by atoms with Gasteiger partial charge in [-0.05, 0) is 69.9 Å². The number of piperidine rings is 1. The van der Waals surface area contributed by atoms with Crippen LogP contribution in [0.4, 0.5) is 17.8 Å². The Bertz CT molecular complexity index is 921. The van der Waals surface area contributed by atoms with Crippen molar-refractivity contribution in [3.8, 4) is 5.75 Å². The Labute approximate surface area is 204 Å². The van der Waals surface area contributed by atoms with Gasteiger partial charge in [0.1, 0.15) is 5.75 Å². The van der Waals surface area contributed by atoms with Gasteiger partial charge in [0.05, 0.1) is 7.11 Å². The van der Waals surface area contributed by atoms with Crippen LogP contribution in [-0.2, 0) is 6.54 Å². The number of anilines is 3. The first kappa shape index (κ1) is 24.5. The second kappa shape index (κ2) is 11.7. The highest BCUT2D eigenvalue weighted by Gasteiger charge is 2.24. The van der Waals surface area contributed by atoms with Crippen LogP contribution in [0.1, 0.15) is 62.5 Å². The predicted octanol–water partition coefficient (Wildman–Crippen LogP) is 4.47. The van der Waals surface area contributed by atoms with Crippen LogP contribution in [-0.4, -0.2) is 66.2 Å². The van der Waals surface area contributed by atoms with Crippen molar-refractivity contribution < 1.29 is 4.74 Å². The van der Waals surface area contributed by atoms with Crippen LogP contribution in [0.25, 0.3) is 0 Å². The van der Waals surface area contributed by atoms with Crippen LogP contribution in [0.3, 0.4) is 0 Å². The molecule has 34 heavy (non-hydrogen) atoms. The third kappa shape index (κ3) is 6.50. The van der Waals surface area contributed by atoms with Gasteiger partial charge in [-0.3, -0.25) is 0 Å². The summed E-state index contributed by atoms with van der Waals surface area (Å²) >= 11 is 0. The average Bonchev–Trinajstić information content (AvgIpc) is 3.11. The summed E-state index contributed by atoms with van der Waals surface area (Å²) in [6.45, 7) is 4.92. The van der Waals surface area contributed by atoms with Crippen molar-refractivity contribution in [2.45, 2.75) is 76.9 Å². The van der Waals surface area contributed by atoms with Crippen LogP contribution < -0.4 is 20.3 Å². The zero-order valence-electron chi connectivity index (χ0n) is 21.3. The molecule has 2 heterocycles. The van der Waals surface area contributed by atoms with Crippen LogP contribution in [0.5, 0.6) is 5.75 Å². The predicted molar refractivity (Wildman–Crippen MR) is 139 cm³/mol. The minimum atomic E-state index is 0.434. The molecule has 8 heteroatoms. The van der Waals surface area contributed by atoms with Gasteiger partial charge in [-0.25, -0.2) is 0 Å². The number of nitrogens with zero attached hydrogens (tertiary/aromatic N) is 5. The topological polar surface area (TPSA) is 78.4 Å². The Morgan fingerprint density at radius 3 is 2.38 bits per heavy atom. The van der Waals surface area contributed by atoms with Crippen molar-refractivity contribution in [3.05, 3.63) is 29.3 Å². The highest BCUT2D eigenvalue weighted by Crippen LogP contribution is 2.24. The number of likely N-dealkylation sites (tertiary alicyclic amines) is 1. The van der Waals surface area contributed by atoms with Gasteiger partial charge >= 0.3 is 0 Å². The highest BCUT2D eigenvalue weighted by molar-refractivity contribution is 5.45. The molecule has 0 atom stereocenters. The molecule has 1 saturated carbocycles. The van der Waals surface area contributed by atoms with E-state index in [-0.39, 0.29) is 0 Å². The molecule has 4 rings (SSSR count). The average molecular weight is 468 g/mol. The number of methoxy groups -OCH3 is 1. The first-order valence-electron chi connectivity index (χ1n) is 12.8. The van der Waals surface area contributed by atoms with Crippen LogP contribution in [0, 0.1) is 6.92 Å². The fourth-order valence-corrected chi connectivity index (χ4v) is 5.05. The molecule has 0 amide bonds. The van der Waals surface area contributed by atoms with E-state index in [1.165, 1.54) is 44.1 Å². The normalized spacial score (nSPS) is 18.4. The first-order valence-corrected chi connectivity index (χ1v) is 12.8. The number of nitrogens with one attached hydrogen (secondary N) is 2. The zero-order chi connectivity index (χ0) is 23.9. The summed E-state index contributed by atoms with van der Waals surface area (Å²) in [7, 11) is 6.02. The molecular weight excluding hydrogens is 426 g/mol. The van der Waals surface area contributed by atoms with E-state index in [1.54, 1.807) is 7.11 Å². The third-order valence-corrected chi connectivity index (χ3v) is 7.27. The van der Waals surface area contributed by atoms with E-state index in [2.05, 4.69) is 53.6 Å². The Balaban J connectivity index is 1.52. The smallest absolute Gasteiger partial charge is 0.231 e. The molecule has 0 bridgehead atoms. The van der Waals surface area contributed by atoms with Gasteiger partial charge in [-0.1, -0.05) is 37.8 Å². The number of aromatic nitrogens is 3. The summed E-state index contributed by atoms with van der Waals surface area (Å²) in [5.74, 6) is 2.95. The molecule has 0 unspecified atom stereocenters. The first-order chi connectivity index (χ1) is 16.5. The second-order valence-corrected chi connectivity index (χ2v) is 9.92. The minimum absolute atomic E-state index is 0.434. The summed E-state index contributed by atoms with van der Waals surface area (Å²) in [5, 5.41) is 7.08. The fourth-order valence-electron chi connectivity index (χ4n) is 5.05. The van der Waals surface area contributed by atoms with Crippen LogP contribution in [0.15, 0.2) is 18.2 Å². The SMILES string of the molecule is COc1ccc(CNc2nc(NC3CCCCCC3)nc(N(C)C3CCN(C)CC3)n2)cc1C. The Morgan fingerprint density at radius 1 is 1.00 bits per heavy atom. The minimum Gasteiger partial charge on any atom is -0.496 e. The van der Waals surface area contributed by atoms with Gasteiger partial charge in [0.15, 0.2) is 0 Å². The van der Waals surface area contributed by atoms with Crippen LogP contribution in [0.2, 0.25) is 0 Å². The number of hydrogen-bond donors (Lipinski definition) is 2. The summed E-state index contributed by atoms with van der Waals surface area (Å²) in [5.41, 5.74) is 2.29. The van der Waals surface area contributed by atoms with Crippen molar-refractivity contribution in [2.75, 3.05) is 49.8 Å². The molecule has 8 nitrogen and oxygen atoms in total. The maximum absolute atomic E-state index is 5.40. The van der Waals surface area contributed by atoms with Gasteiger partial charge in [-0.2, -0.15) is 15.0 Å². The van der Waals surface area contributed by atoms with E-state index in [9.17, 15) is 0 Å². The standard InChI is InChI=1S/C26H41N7O/c1-19-17-20(11-12-23(19)34-4)18-27-24-29-25(28-21-9-7-5-6-8-10-21)31-26(30-24)33(3)22-13-15-32(2)16-14-22/h11-12,17,21-22H,5-10,13-16,18H2,1-4H3,(H2,27,28,29,30,31).